The molecular formula is C9H19N5O2S. The van der Waals surface area contributed by atoms with Crippen LogP contribution in [0.25, 0.3) is 0 Å². The smallest absolute Gasteiger partial charge is 0.208 e. The van der Waals surface area contributed by atoms with Crippen LogP contribution in [-0.4, -0.2) is 42.5 Å². The van der Waals surface area contributed by atoms with E-state index in [4.69, 9.17) is 0 Å². The average molecular weight is 261 g/mol. The molecule has 0 amide bonds. The summed E-state index contributed by atoms with van der Waals surface area (Å²) in [6, 6.07) is 0. The predicted octanol–water partition coefficient (Wildman–Crippen LogP) is -0.673. The molecule has 1 aromatic rings. The molecule has 8 heteroatoms. The summed E-state index contributed by atoms with van der Waals surface area (Å²) in [5, 5.41) is 7.21. The van der Waals surface area contributed by atoms with Crippen molar-refractivity contribution in [1.82, 2.24) is 24.8 Å². The summed E-state index contributed by atoms with van der Waals surface area (Å²) in [6.07, 6.45) is 3.68. The van der Waals surface area contributed by atoms with Gasteiger partial charge in [0.1, 0.15) is 12.2 Å². The normalized spacial score (nSPS) is 11.9. The molecule has 0 saturated carbocycles. The summed E-state index contributed by atoms with van der Waals surface area (Å²) in [5.74, 6) is 0.867. The Hall–Kier alpha value is -0.990. The molecule has 0 aromatic carbocycles. The van der Waals surface area contributed by atoms with Gasteiger partial charge in [-0.05, 0) is 6.42 Å². The van der Waals surface area contributed by atoms with E-state index in [-0.39, 0.29) is 0 Å². The fraction of sp³-hybridized carbons (Fsp3) is 0.778. The van der Waals surface area contributed by atoms with Gasteiger partial charge in [-0.2, -0.15) is 5.10 Å². The second-order valence-corrected chi connectivity index (χ2v) is 5.58. The topological polar surface area (TPSA) is 88.9 Å². The number of hydrogen-bond acceptors (Lipinski definition) is 5. The van der Waals surface area contributed by atoms with Crippen molar-refractivity contribution in [3.8, 4) is 0 Å². The SMILES string of the molecule is CCCn1ncnc1CNCCNS(C)(=O)=O. The van der Waals surface area contributed by atoms with Gasteiger partial charge in [-0.1, -0.05) is 6.92 Å². The third kappa shape index (κ3) is 5.76. The number of nitrogens with one attached hydrogen (secondary N) is 2. The highest BCUT2D eigenvalue weighted by Crippen LogP contribution is 1.94. The first-order chi connectivity index (χ1) is 8.03. The van der Waals surface area contributed by atoms with Crippen LogP contribution < -0.4 is 10.0 Å². The van der Waals surface area contributed by atoms with Crippen LogP contribution in [0.15, 0.2) is 6.33 Å². The minimum atomic E-state index is -3.10. The van der Waals surface area contributed by atoms with Gasteiger partial charge in [-0.15, -0.1) is 0 Å². The molecule has 0 atom stereocenters. The molecule has 0 fully saturated rings. The van der Waals surface area contributed by atoms with E-state index in [2.05, 4.69) is 27.0 Å². The summed E-state index contributed by atoms with van der Waals surface area (Å²) >= 11 is 0. The second kappa shape index (κ2) is 6.67. The van der Waals surface area contributed by atoms with Gasteiger partial charge in [-0.25, -0.2) is 22.8 Å². The van der Waals surface area contributed by atoms with Crippen molar-refractivity contribution in [2.75, 3.05) is 19.3 Å². The van der Waals surface area contributed by atoms with Crippen LogP contribution in [0.1, 0.15) is 19.2 Å². The maximum atomic E-state index is 10.8. The number of aromatic nitrogens is 3. The first-order valence-corrected chi connectivity index (χ1v) is 7.44. The van der Waals surface area contributed by atoms with Crippen molar-refractivity contribution < 1.29 is 8.42 Å². The zero-order valence-corrected chi connectivity index (χ0v) is 11.0. The Balaban J connectivity index is 2.24. The monoisotopic (exact) mass is 261 g/mol. The summed E-state index contributed by atoms with van der Waals surface area (Å²) in [4.78, 5) is 4.13. The van der Waals surface area contributed by atoms with Crippen LogP contribution in [0.4, 0.5) is 0 Å². The molecule has 17 heavy (non-hydrogen) atoms. The van der Waals surface area contributed by atoms with Crippen molar-refractivity contribution >= 4 is 10.0 Å². The predicted molar refractivity (Wildman–Crippen MR) is 64.9 cm³/mol. The number of hydrogen-bond donors (Lipinski definition) is 2. The highest BCUT2D eigenvalue weighted by Gasteiger charge is 2.03. The maximum Gasteiger partial charge on any atom is 0.208 e. The van der Waals surface area contributed by atoms with Crippen LogP contribution in [0.3, 0.4) is 0 Å². The fourth-order valence-electron chi connectivity index (χ4n) is 1.35. The number of sulfonamides is 1. The van der Waals surface area contributed by atoms with Crippen LogP contribution in [0, 0.1) is 0 Å². The van der Waals surface area contributed by atoms with Crippen LogP contribution >= 0.6 is 0 Å². The van der Waals surface area contributed by atoms with E-state index in [0.29, 0.717) is 19.6 Å². The second-order valence-electron chi connectivity index (χ2n) is 3.74. The quantitative estimate of drug-likeness (QED) is 0.606. The molecule has 2 N–H and O–H groups in total. The van der Waals surface area contributed by atoms with Crippen LogP contribution in [0.5, 0.6) is 0 Å². The molecule has 0 bridgehead atoms. The van der Waals surface area contributed by atoms with Crippen molar-refractivity contribution in [2.24, 2.45) is 0 Å². The lowest BCUT2D eigenvalue weighted by Gasteiger charge is -2.06. The molecule has 0 radical (unpaired) electrons. The van der Waals surface area contributed by atoms with Crippen molar-refractivity contribution in [1.29, 1.82) is 0 Å². The Morgan fingerprint density at radius 2 is 2.18 bits per heavy atom. The van der Waals surface area contributed by atoms with E-state index < -0.39 is 10.0 Å². The highest BCUT2D eigenvalue weighted by atomic mass is 32.2. The number of nitrogens with zero attached hydrogens (tertiary/aromatic N) is 3. The Morgan fingerprint density at radius 3 is 2.82 bits per heavy atom. The fourth-order valence-corrected chi connectivity index (χ4v) is 1.82. The third-order valence-electron chi connectivity index (χ3n) is 2.08. The van der Waals surface area contributed by atoms with Crippen molar-refractivity contribution in [3.63, 3.8) is 0 Å². The Bertz CT molecular complexity index is 428. The molecule has 98 valence electrons. The van der Waals surface area contributed by atoms with Crippen molar-refractivity contribution in [3.05, 3.63) is 12.2 Å². The summed E-state index contributed by atoms with van der Waals surface area (Å²) in [5.41, 5.74) is 0. The summed E-state index contributed by atoms with van der Waals surface area (Å²) in [6.45, 7) is 4.45. The van der Waals surface area contributed by atoms with E-state index in [9.17, 15) is 8.42 Å². The zero-order chi connectivity index (χ0) is 12.7. The van der Waals surface area contributed by atoms with Gasteiger partial charge in [0.15, 0.2) is 0 Å². The summed E-state index contributed by atoms with van der Waals surface area (Å²) in [7, 11) is -3.10. The molecule has 0 aliphatic heterocycles. The first-order valence-electron chi connectivity index (χ1n) is 5.55. The molecule has 1 rings (SSSR count). The van der Waals surface area contributed by atoms with E-state index >= 15 is 0 Å². The highest BCUT2D eigenvalue weighted by molar-refractivity contribution is 7.88. The Labute approximate surface area is 102 Å². The van der Waals surface area contributed by atoms with E-state index in [0.717, 1.165) is 25.0 Å². The van der Waals surface area contributed by atoms with Crippen molar-refractivity contribution in [2.45, 2.75) is 26.4 Å². The van der Waals surface area contributed by atoms with E-state index in [1.807, 2.05) is 4.68 Å². The molecular weight excluding hydrogens is 242 g/mol. The lowest BCUT2D eigenvalue weighted by Crippen LogP contribution is -2.31. The minimum Gasteiger partial charge on any atom is -0.309 e. The van der Waals surface area contributed by atoms with E-state index in [1.54, 1.807) is 0 Å². The molecule has 0 aliphatic rings. The Morgan fingerprint density at radius 1 is 1.41 bits per heavy atom. The molecule has 1 aromatic heterocycles. The van der Waals surface area contributed by atoms with Gasteiger partial charge in [0.05, 0.1) is 12.8 Å². The van der Waals surface area contributed by atoms with Crippen LogP contribution in [-0.2, 0) is 23.1 Å². The molecule has 0 saturated heterocycles. The molecule has 0 aliphatic carbocycles. The Kier molecular flexibility index (Phi) is 5.52. The third-order valence-corrected chi connectivity index (χ3v) is 2.81. The molecule has 7 nitrogen and oxygen atoms in total. The lowest BCUT2D eigenvalue weighted by molar-refractivity contribution is 0.540. The zero-order valence-electron chi connectivity index (χ0n) is 10.2. The van der Waals surface area contributed by atoms with E-state index in [1.165, 1.54) is 6.33 Å². The number of rotatable bonds is 8. The molecule has 0 spiro atoms. The minimum absolute atomic E-state index is 0.376. The molecule has 1 heterocycles. The first kappa shape index (κ1) is 14.1. The van der Waals surface area contributed by atoms with Gasteiger partial charge >= 0.3 is 0 Å². The largest absolute Gasteiger partial charge is 0.309 e. The lowest BCUT2D eigenvalue weighted by atomic mass is 10.4. The molecule has 0 unspecified atom stereocenters. The van der Waals surface area contributed by atoms with Gasteiger partial charge in [-0.3, -0.25) is 0 Å². The van der Waals surface area contributed by atoms with Crippen LogP contribution in [0.2, 0.25) is 0 Å². The maximum absolute atomic E-state index is 10.8. The van der Waals surface area contributed by atoms with Gasteiger partial charge in [0.2, 0.25) is 10.0 Å². The average Bonchev–Trinajstić information content (AvgIpc) is 2.64. The standard InChI is InChI=1S/C9H19N5O2S/c1-3-6-14-9(11-8-12-14)7-10-4-5-13-17(2,15)16/h8,10,13H,3-7H2,1-2H3. The summed E-state index contributed by atoms with van der Waals surface area (Å²) < 4.78 is 25.8. The van der Waals surface area contributed by atoms with Gasteiger partial charge in [0, 0.05) is 19.6 Å². The van der Waals surface area contributed by atoms with Gasteiger partial charge in [0.25, 0.3) is 0 Å². The van der Waals surface area contributed by atoms with Gasteiger partial charge < -0.3 is 5.32 Å². The number of aryl methyl sites for hydroxylation is 1.